The number of carbonyl (C=O) groups is 1. The van der Waals surface area contributed by atoms with Crippen molar-refractivity contribution in [2.24, 2.45) is 0 Å². The summed E-state index contributed by atoms with van der Waals surface area (Å²) in [4.78, 5) is 31.4. The van der Waals surface area contributed by atoms with Gasteiger partial charge in [-0.15, -0.1) is 0 Å². The topological polar surface area (TPSA) is 69.0 Å². The van der Waals surface area contributed by atoms with Crippen molar-refractivity contribution in [2.75, 3.05) is 44.2 Å². The van der Waals surface area contributed by atoms with Gasteiger partial charge in [-0.3, -0.25) is 9.69 Å². The molecule has 2 unspecified atom stereocenters. The van der Waals surface area contributed by atoms with E-state index in [9.17, 15) is 14.7 Å². The van der Waals surface area contributed by atoms with E-state index >= 15 is 4.39 Å². The van der Waals surface area contributed by atoms with Crippen LogP contribution in [0.3, 0.4) is 0 Å². The second kappa shape index (κ2) is 9.06. The molecule has 1 N–H and O–H groups in total. The number of hydrogen-bond donors (Lipinski definition) is 1. The first-order valence-electron chi connectivity index (χ1n) is 12.3. The highest BCUT2D eigenvalue weighted by molar-refractivity contribution is 5.93. The number of aryl methyl sites for hydroxylation is 1. The van der Waals surface area contributed by atoms with Crippen LogP contribution in [-0.2, 0) is 6.54 Å². The SMILES string of the molecule is CCn1cc(C(=O)O)c(=O)c2cc(F)c(N3CC4CC3CN4CCCN3CCCCC3)cc21. The van der Waals surface area contributed by atoms with E-state index in [0.717, 1.165) is 26.1 Å². The van der Waals surface area contributed by atoms with Gasteiger partial charge in [-0.25, -0.2) is 9.18 Å². The van der Waals surface area contributed by atoms with Crippen LogP contribution >= 0.6 is 0 Å². The van der Waals surface area contributed by atoms with Gasteiger partial charge in [-0.1, -0.05) is 6.42 Å². The van der Waals surface area contributed by atoms with Crippen LogP contribution in [0.15, 0.2) is 23.1 Å². The number of halogens is 1. The number of piperazine rings is 1. The van der Waals surface area contributed by atoms with Crippen molar-refractivity contribution < 1.29 is 14.3 Å². The minimum Gasteiger partial charge on any atom is -0.477 e. The Labute approximate surface area is 193 Å². The number of hydrogen-bond acceptors (Lipinski definition) is 5. The fourth-order valence-corrected chi connectivity index (χ4v) is 6.03. The molecule has 1 aromatic heterocycles. The molecular weight excluding hydrogens is 423 g/mol. The van der Waals surface area contributed by atoms with E-state index < -0.39 is 17.2 Å². The number of anilines is 1. The summed E-state index contributed by atoms with van der Waals surface area (Å²) >= 11 is 0. The minimum atomic E-state index is -1.29. The standard InChI is InChI=1S/C25H33FN4O3/c1-2-28-16-20(25(32)33)24(31)19-12-21(26)23(13-22(19)28)30-15-17-11-18(30)14-29(17)10-6-9-27-7-4-3-5-8-27/h12-13,16-18H,2-11,14-15H2,1H3,(H,32,33). The fourth-order valence-electron chi connectivity index (χ4n) is 6.03. The van der Waals surface area contributed by atoms with Crippen LogP contribution in [0.2, 0.25) is 0 Å². The van der Waals surface area contributed by atoms with Crippen LogP contribution < -0.4 is 10.3 Å². The third kappa shape index (κ3) is 4.15. The quantitative estimate of drug-likeness (QED) is 0.691. The van der Waals surface area contributed by atoms with Gasteiger partial charge in [-0.05, 0) is 70.9 Å². The molecule has 1 aromatic carbocycles. The average Bonchev–Trinajstić information content (AvgIpc) is 3.40. The molecule has 2 aromatic rings. The molecule has 33 heavy (non-hydrogen) atoms. The normalized spacial score (nSPS) is 23.6. The Hall–Kier alpha value is -2.45. The largest absolute Gasteiger partial charge is 0.477 e. The number of aromatic nitrogens is 1. The Bertz CT molecular complexity index is 1110. The van der Waals surface area contributed by atoms with E-state index in [1.54, 1.807) is 10.6 Å². The maximum atomic E-state index is 15.2. The number of nitrogens with zero attached hydrogens (tertiary/aromatic N) is 4. The summed E-state index contributed by atoms with van der Waals surface area (Å²) in [6, 6.07) is 3.68. The second-order valence-electron chi connectivity index (χ2n) is 9.73. The lowest BCUT2D eigenvalue weighted by Gasteiger charge is -2.36. The molecule has 0 spiro atoms. The zero-order valence-electron chi connectivity index (χ0n) is 19.3. The molecule has 2 atom stereocenters. The zero-order valence-corrected chi connectivity index (χ0v) is 19.3. The lowest BCUT2D eigenvalue weighted by molar-refractivity contribution is 0.0695. The molecule has 178 valence electrons. The second-order valence-corrected chi connectivity index (χ2v) is 9.73. The lowest BCUT2D eigenvalue weighted by Crippen LogP contribution is -2.47. The van der Waals surface area contributed by atoms with Crippen molar-refractivity contribution >= 4 is 22.6 Å². The molecule has 3 aliphatic heterocycles. The smallest absolute Gasteiger partial charge is 0.341 e. The minimum absolute atomic E-state index is 0.127. The molecule has 3 fully saturated rings. The molecule has 3 saturated heterocycles. The number of likely N-dealkylation sites (tertiary alicyclic amines) is 2. The van der Waals surface area contributed by atoms with Crippen molar-refractivity contribution in [3.63, 3.8) is 0 Å². The van der Waals surface area contributed by atoms with Crippen LogP contribution in [0, 0.1) is 5.82 Å². The maximum Gasteiger partial charge on any atom is 0.341 e. The van der Waals surface area contributed by atoms with Crippen molar-refractivity contribution in [1.82, 2.24) is 14.4 Å². The van der Waals surface area contributed by atoms with Crippen LogP contribution in [0.25, 0.3) is 10.9 Å². The number of aromatic carboxylic acids is 1. The summed E-state index contributed by atoms with van der Waals surface area (Å²) in [5.74, 6) is -1.74. The summed E-state index contributed by atoms with van der Waals surface area (Å²) in [6.45, 7) is 8.86. The van der Waals surface area contributed by atoms with Crippen LogP contribution in [-0.4, -0.2) is 76.8 Å². The molecule has 0 saturated carbocycles. The van der Waals surface area contributed by atoms with Crippen molar-refractivity contribution in [3.05, 3.63) is 39.9 Å². The molecule has 7 nitrogen and oxygen atoms in total. The van der Waals surface area contributed by atoms with E-state index in [1.807, 2.05) is 6.92 Å². The van der Waals surface area contributed by atoms with Crippen molar-refractivity contribution in [1.29, 1.82) is 0 Å². The summed E-state index contributed by atoms with van der Waals surface area (Å²) in [5.41, 5.74) is 0.158. The third-order valence-corrected chi connectivity index (χ3v) is 7.75. The average molecular weight is 457 g/mol. The Balaban J connectivity index is 1.31. The first-order chi connectivity index (χ1) is 16.0. The summed E-state index contributed by atoms with van der Waals surface area (Å²) in [5, 5.41) is 9.48. The highest BCUT2D eigenvalue weighted by atomic mass is 19.1. The van der Waals surface area contributed by atoms with E-state index in [4.69, 9.17) is 0 Å². The molecule has 2 bridgehead atoms. The number of carboxylic acids is 1. The van der Waals surface area contributed by atoms with Gasteiger partial charge in [0.2, 0.25) is 5.43 Å². The Morgan fingerprint density at radius 3 is 2.58 bits per heavy atom. The molecule has 5 rings (SSSR count). The number of pyridine rings is 1. The van der Waals surface area contributed by atoms with Gasteiger partial charge >= 0.3 is 5.97 Å². The lowest BCUT2D eigenvalue weighted by atomic mass is 10.1. The number of benzene rings is 1. The summed E-state index contributed by atoms with van der Waals surface area (Å²) in [7, 11) is 0. The van der Waals surface area contributed by atoms with Crippen molar-refractivity contribution in [2.45, 2.75) is 57.7 Å². The van der Waals surface area contributed by atoms with Gasteiger partial charge in [0, 0.05) is 43.3 Å². The maximum absolute atomic E-state index is 15.2. The van der Waals surface area contributed by atoms with Gasteiger partial charge in [0.15, 0.2) is 0 Å². The van der Waals surface area contributed by atoms with Gasteiger partial charge in [0.25, 0.3) is 0 Å². The van der Waals surface area contributed by atoms with Crippen LogP contribution in [0.4, 0.5) is 10.1 Å². The van der Waals surface area contributed by atoms with Gasteiger partial charge < -0.3 is 19.5 Å². The summed E-state index contributed by atoms with van der Waals surface area (Å²) < 4.78 is 16.9. The first-order valence-corrected chi connectivity index (χ1v) is 12.3. The number of fused-ring (bicyclic) bond motifs is 3. The van der Waals surface area contributed by atoms with E-state index in [0.29, 0.717) is 23.8 Å². The van der Waals surface area contributed by atoms with Gasteiger partial charge in [0.05, 0.1) is 11.2 Å². The zero-order chi connectivity index (χ0) is 23.1. The van der Waals surface area contributed by atoms with Crippen LogP contribution in [0.5, 0.6) is 0 Å². The number of rotatable bonds is 7. The summed E-state index contributed by atoms with van der Waals surface area (Å²) in [6.07, 6.45) is 7.61. The highest BCUT2D eigenvalue weighted by Crippen LogP contribution is 2.37. The van der Waals surface area contributed by atoms with Crippen LogP contribution in [0.1, 0.15) is 49.4 Å². The molecule has 0 aliphatic carbocycles. The first kappa shape index (κ1) is 22.3. The number of carboxylic acid groups (broad SMARTS) is 1. The van der Waals surface area contributed by atoms with E-state index in [2.05, 4.69) is 14.7 Å². The Morgan fingerprint density at radius 2 is 1.91 bits per heavy atom. The molecule has 3 aliphatic rings. The van der Waals surface area contributed by atoms with Gasteiger partial charge in [-0.2, -0.15) is 0 Å². The molecule has 4 heterocycles. The van der Waals surface area contributed by atoms with Crippen molar-refractivity contribution in [3.8, 4) is 0 Å². The third-order valence-electron chi connectivity index (χ3n) is 7.75. The molecule has 0 radical (unpaired) electrons. The van der Waals surface area contributed by atoms with E-state index in [1.165, 1.54) is 57.6 Å². The highest BCUT2D eigenvalue weighted by Gasteiger charge is 2.43. The Kier molecular flexibility index (Phi) is 6.14. The van der Waals surface area contributed by atoms with Gasteiger partial charge in [0.1, 0.15) is 11.4 Å². The molecular formula is C25H33FN4O3. The Morgan fingerprint density at radius 1 is 1.12 bits per heavy atom. The predicted octanol–water partition coefficient (Wildman–Crippen LogP) is 3.00. The molecule has 0 amide bonds. The number of piperidine rings is 1. The molecule has 8 heteroatoms. The monoisotopic (exact) mass is 456 g/mol. The van der Waals surface area contributed by atoms with E-state index in [-0.39, 0.29) is 17.0 Å². The fraction of sp³-hybridized carbons (Fsp3) is 0.600. The predicted molar refractivity (Wildman–Crippen MR) is 127 cm³/mol.